The Balaban J connectivity index is 2.44. The summed E-state index contributed by atoms with van der Waals surface area (Å²) in [5.41, 5.74) is 6.12. The Morgan fingerprint density at radius 2 is 2.28 bits per heavy atom. The van der Waals surface area contributed by atoms with Gasteiger partial charge in [-0.15, -0.1) is 6.42 Å². The molecule has 6 heteroatoms. The number of urea groups is 1. The fourth-order valence-corrected chi connectivity index (χ4v) is 2.08. The number of aliphatic imine (C=N–C) groups is 1. The normalized spacial score (nSPS) is 18.7. The smallest absolute Gasteiger partial charge is 0.346 e. The molecule has 2 N–H and O–H groups in total. The Labute approximate surface area is 108 Å². The molecule has 1 atom stereocenters. The predicted octanol–water partition coefficient (Wildman–Crippen LogP) is 1.95. The highest BCUT2D eigenvalue weighted by Crippen LogP contribution is 2.28. The highest BCUT2D eigenvalue weighted by molar-refractivity contribution is 6.30. The summed E-state index contributed by atoms with van der Waals surface area (Å²) in [7, 11) is 0. The minimum Gasteiger partial charge on any atom is -0.385 e. The van der Waals surface area contributed by atoms with Crippen LogP contribution < -0.4 is 5.73 Å². The number of hydrogen-bond acceptors (Lipinski definition) is 2. The maximum absolute atomic E-state index is 13.3. The molecule has 1 aromatic rings. The zero-order valence-corrected chi connectivity index (χ0v) is 9.99. The van der Waals surface area contributed by atoms with Gasteiger partial charge in [-0.05, 0) is 23.8 Å². The Bertz CT molecular complexity index is 559. The van der Waals surface area contributed by atoms with E-state index in [0.717, 1.165) is 0 Å². The van der Waals surface area contributed by atoms with Gasteiger partial charge in [0.05, 0.1) is 6.54 Å². The van der Waals surface area contributed by atoms with Crippen molar-refractivity contribution in [3.05, 3.63) is 34.6 Å². The molecule has 92 valence electrons. The van der Waals surface area contributed by atoms with Gasteiger partial charge in [-0.25, -0.2) is 9.18 Å². The molecular formula is C12H9ClFN3O. The van der Waals surface area contributed by atoms with Crippen LogP contribution in [0.15, 0.2) is 23.2 Å². The third kappa shape index (κ3) is 2.15. The Morgan fingerprint density at radius 1 is 1.56 bits per heavy atom. The summed E-state index contributed by atoms with van der Waals surface area (Å²) in [6, 6.07) is 2.75. The van der Waals surface area contributed by atoms with Gasteiger partial charge in [0, 0.05) is 5.02 Å². The lowest BCUT2D eigenvalue weighted by Crippen LogP contribution is -2.33. The third-order valence-corrected chi connectivity index (χ3v) is 2.74. The number of carbonyl (C=O) groups is 1. The predicted molar refractivity (Wildman–Crippen MR) is 66.7 cm³/mol. The summed E-state index contributed by atoms with van der Waals surface area (Å²) in [5, 5.41) is 0.220. The number of amides is 2. The second-order valence-corrected chi connectivity index (χ2v) is 4.19. The lowest BCUT2D eigenvalue weighted by atomic mass is 10.1. The van der Waals surface area contributed by atoms with Gasteiger partial charge >= 0.3 is 6.03 Å². The van der Waals surface area contributed by atoms with Gasteiger partial charge in [0.2, 0.25) is 0 Å². The first-order valence-electron chi connectivity index (χ1n) is 5.07. The van der Waals surface area contributed by atoms with Crippen LogP contribution in [0.5, 0.6) is 0 Å². The van der Waals surface area contributed by atoms with Gasteiger partial charge in [0.15, 0.2) is 0 Å². The number of nitrogens with zero attached hydrogens (tertiary/aromatic N) is 2. The van der Waals surface area contributed by atoms with Crippen LogP contribution in [0.4, 0.5) is 9.18 Å². The van der Waals surface area contributed by atoms with Crippen molar-refractivity contribution < 1.29 is 9.18 Å². The lowest BCUT2D eigenvalue weighted by Gasteiger charge is -2.22. The summed E-state index contributed by atoms with van der Waals surface area (Å²) < 4.78 is 13.3. The van der Waals surface area contributed by atoms with Crippen LogP contribution in [0.1, 0.15) is 11.6 Å². The van der Waals surface area contributed by atoms with E-state index in [-0.39, 0.29) is 17.4 Å². The first kappa shape index (κ1) is 12.4. The van der Waals surface area contributed by atoms with Gasteiger partial charge in [0.1, 0.15) is 17.7 Å². The van der Waals surface area contributed by atoms with Crippen LogP contribution in [0.3, 0.4) is 0 Å². The van der Waals surface area contributed by atoms with Crippen molar-refractivity contribution in [2.75, 3.05) is 6.54 Å². The Morgan fingerprint density at radius 3 is 2.89 bits per heavy atom. The van der Waals surface area contributed by atoms with E-state index < -0.39 is 17.9 Å². The van der Waals surface area contributed by atoms with Crippen LogP contribution in [-0.2, 0) is 0 Å². The van der Waals surface area contributed by atoms with Crippen LogP contribution >= 0.6 is 11.6 Å². The van der Waals surface area contributed by atoms with E-state index in [1.807, 2.05) is 0 Å². The summed E-state index contributed by atoms with van der Waals surface area (Å²) in [6.07, 6.45) is 5.18. The molecule has 0 spiro atoms. The number of hydrogen-bond donors (Lipinski definition) is 1. The lowest BCUT2D eigenvalue weighted by molar-refractivity contribution is 0.213. The molecule has 0 bridgehead atoms. The van der Waals surface area contributed by atoms with Crippen molar-refractivity contribution in [1.82, 2.24) is 4.90 Å². The van der Waals surface area contributed by atoms with Gasteiger partial charge in [-0.1, -0.05) is 17.5 Å². The van der Waals surface area contributed by atoms with Crippen molar-refractivity contribution in [3.8, 4) is 12.3 Å². The first-order chi connectivity index (χ1) is 8.52. The zero-order chi connectivity index (χ0) is 13.3. The molecule has 0 aliphatic carbocycles. The molecular weight excluding hydrogens is 257 g/mol. The molecule has 1 aliphatic rings. The number of benzene rings is 1. The van der Waals surface area contributed by atoms with Crippen molar-refractivity contribution in [2.45, 2.75) is 6.04 Å². The largest absolute Gasteiger partial charge is 0.385 e. The quantitative estimate of drug-likeness (QED) is 0.831. The maximum Gasteiger partial charge on any atom is 0.346 e. The van der Waals surface area contributed by atoms with E-state index in [2.05, 4.69) is 10.9 Å². The van der Waals surface area contributed by atoms with Gasteiger partial charge in [-0.2, -0.15) is 4.99 Å². The second kappa shape index (κ2) is 4.67. The molecule has 4 nitrogen and oxygen atoms in total. The van der Waals surface area contributed by atoms with Crippen LogP contribution in [-0.4, -0.2) is 23.3 Å². The highest BCUT2D eigenvalue weighted by atomic mass is 35.5. The zero-order valence-electron chi connectivity index (χ0n) is 9.23. The molecule has 1 unspecified atom stereocenters. The number of carbonyl (C=O) groups excluding carboxylic acids is 1. The minimum absolute atomic E-state index is 0.0435. The summed E-state index contributed by atoms with van der Waals surface area (Å²) in [5.74, 6) is 1.91. The van der Waals surface area contributed by atoms with E-state index in [4.69, 9.17) is 23.8 Å². The molecule has 18 heavy (non-hydrogen) atoms. The van der Waals surface area contributed by atoms with Gasteiger partial charge in [0.25, 0.3) is 0 Å². The maximum atomic E-state index is 13.3. The van der Waals surface area contributed by atoms with E-state index in [1.165, 1.54) is 23.1 Å². The highest BCUT2D eigenvalue weighted by Gasteiger charge is 2.34. The van der Waals surface area contributed by atoms with Crippen LogP contribution in [0, 0.1) is 18.2 Å². The minimum atomic E-state index is -0.665. The van der Waals surface area contributed by atoms with Gasteiger partial charge in [-0.3, -0.25) is 4.90 Å². The molecule has 1 heterocycles. The summed E-state index contributed by atoms with van der Waals surface area (Å²) in [6.45, 7) is 0.0435. The molecule has 2 rings (SSSR count). The number of amidine groups is 1. The average Bonchev–Trinajstić information content (AvgIpc) is 2.53. The average molecular weight is 266 g/mol. The molecule has 1 aromatic carbocycles. The van der Waals surface area contributed by atoms with Crippen molar-refractivity contribution in [1.29, 1.82) is 0 Å². The van der Waals surface area contributed by atoms with Crippen molar-refractivity contribution in [2.24, 2.45) is 10.7 Å². The van der Waals surface area contributed by atoms with Crippen molar-refractivity contribution >= 4 is 23.5 Å². The van der Waals surface area contributed by atoms with Crippen molar-refractivity contribution in [3.63, 3.8) is 0 Å². The number of rotatable bonds is 2. The standard InChI is InChI=1S/C12H9ClFN3O/c1-2-3-17-10(11(15)16-12(17)18)7-4-8(13)6-9(14)5-7/h1,4-6,10H,3H2,(H2,15,16,18). The fourth-order valence-electron chi connectivity index (χ4n) is 1.85. The molecule has 2 amide bonds. The SMILES string of the molecule is C#CCN1C(=O)N=C(N)C1c1cc(F)cc(Cl)c1. The number of terminal acetylenes is 1. The number of halogens is 2. The molecule has 0 aromatic heterocycles. The fraction of sp³-hybridized carbons (Fsp3) is 0.167. The second-order valence-electron chi connectivity index (χ2n) is 3.76. The number of nitrogens with two attached hydrogens (primary N) is 1. The molecule has 1 aliphatic heterocycles. The molecule has 0 fully saturated rings. The Hall–Kier alpha value is -2.06. The van der Waals surface area contributed by atoms with Gasteiger partial charge < -0.3 is 5.73 Å². The first-order valence-corrected chi connectivity index (χ1v) is 5.45. The Kier molecular flexibility index (Phi) is 3.21. The topological polar surface area (TPSA) is 58.7 Å². The van der Waals surface area contributed by atoms with Crippen LogP contribution in [0.2, 0.25) is 5.02 Å². The van der Waals surface area contributed by atoms with E-state index in [1.54, 1.807) is 0 Å². The summed E-state index contributed by atoms with van der Waals surface area (Å²) in [4.78, 5) is 16.5. The van der Waals surface area contributed by atoms with Crippen LogP contribution in [0.25, 0.3) is 0 Å². The van der Waals surface area contributed by atoms with E-state index in [9.17, 15) is 9.18 Å². The molecule has 0 radical (unpaired) electrons. The third-order valence-electron chi connectivity index (χ3n) is 2.52. The monoisotopic (exact) mass is 265 g/mol. The summed E-state index contributed by atoms with van der Waals surface area (Å²) >= 11 is 5.77. The van der Waals surface area contributed by atoms with E-state index >= 15 is 0 Å². The molecule has 0 saturated carbocycles. The van der Waals surface area contributed by atoms with E-state index in [0.29, 0.717) is 5.56 Å². The molecule has 0 saturated heterocycles.